The van der Waals surface area contributed by atoms with Gasteiger partial charge in [0.05, 0.1) is 27.3 Å². The molecule has 0 aliphatic carbocycles. The number of anilines is 2. The number of aromatic carboxylic acids is 1. The standard InChI is InChI=1S/C14H9Cl2N3O2/c15-8-2-4-10(9(16)6-8)17-14-18-11-3-1-7(13(20)21)5-12(11)19-14/h1-6H,(H,20,21)(H2,17,18,19). The third kappa shape index (κ3) is 2.79. The summed E-state index contributed by atoms with van der Waals surface area (Å²) >= 11 is 11.9. The van der Waals surface area contributed by atoms with Crippen molar-refractivity contribution in [1.29, 1.82) is 0 Å². The normalized spacial score (nSPS) is 10.8. The molecule has 3 rings (SSSR count). The zero-order valence-corrected chi connectivity index (χ0v) is 12.0. The van der Waals surface area contributed by atoms with Gasteiger partial charge in [0, 0.05) is 5.02 Å². The van der Waals surface area contributed by atoms with E-state index in [4.69, 9.17) is 28.3 Å². The Kier molecular flexibility index (Phi) is 3.45. The quantitative estimate of drug-likeness (QED) is 0.671. The van der Waals surface area contributed by atoms with Crippen molar-refractivity contribution in [2.24, 2.45) is 0 Å². The Bertz CT molecular complexity index is 845. The molecule has 5 nitrogen and oxygen atoms in total. The van der Waals surface area contributed by atoms with Crippen molar-refractivity contribution in [3.05, 3.63) is 52.0 Å². The van der Waals surface area contributed by atoms with E-state index in [0.717, 1.165) is 5.52 Å². The van der Waals surface area contributed by atoms with Gasteiger partial charge in [0.15, 0.2) is 0 Å². The van der Waals surface area contributed by atoms with Gasteiger partial charge in [0.2, 0.25) is 5.95 Å². The van der Waals surface area contributed by atoms with Crippen LogP contribution in [0.4, 0.5) is 11.6 Å². The molecule has 0 aliphatic rings. The summed E-state index contributed by atoms with van der Waals surface area (Å²) in [4.78, 5) is 18.3. The molecule has 0 saturated heterocycles. The molecule has 21 heavy (non-hydrogen) atoms. The van der Waals surface area contributed by atoms with Crippen molar-refractivity contribution < 1.29 is 9.90 Å². The number of fused-ring (bicyclic) bond motifs is 1. The summed E-state index contributed by atoms with van der Waals surface area (Å²) < 4.78 is 0. The first-order chi connectivity index (χ1) is 10.0. The molecule has 3 aromatic rings. The molecule has 0 saturated carbocycles. The molecule has 0 bridgehead atoms. The molecule has 0 amide bonds. The van der Waals surface area contributed by atoms with E-state index >= 15 is 0 Å². The van der Waals surface area contributed by atoms with Gasteiger partial charge < -0.3 is 15.4 Å². The second-order valence-corrected chi connectivity index (χ2v) is 5.22. The van der Waals surface area contributed by atoms with Crippen LogP contribution in [0.5, 0.6) is 0 Å². The zero-order valence-electron chi connectivity index (χ0n) is 10.5. The molecule has 0 spiro atoms. The average molecular weight is 322 g/mol. The van der Waals surface area contributed by atoms with Gasteiger partial charge in [-0.2, -0.15) is 0 Å². The number of imidazole rings is 1. The topological polar surface area (TPSA) is 78.0 Å². The predicted molar refractivity (Wildman–Crippen MR) is 82.8 cm³/mol. The number of carbonyl (C=O) groups is 1. The molecule has 7 heteroatoms. The Morgan fingerprint density at radius 1 is 1.19 bits per heavy atom. The third-order valence-corrected chi connectivity index (χ3v) is 3.46. The summed E-state index contributed by atoms with van der Waals surface area (Å²) in [6, 6.07) is 9.75. The number of nitrogens with one attached hydrogen (secondary N) is 2. The third-order valence-electron chi connectivity index (χ3n) is 2.91. The Hall–Kier alpha value is -2.24. The highest BCUT2D eigenvalue weighted by Crippen LogP contribution is 2.28. The number of hydrogen-bond acceptors (Lipinski definition) is 3. The molecule has 0 aliphatic heterocycles. The molecule has 0 fully saturated rings. The van der Waals surface area contributed by atoms with Gasteiger partial charge in [-0.05, 0) is 36.4 Å². The van der Waals surface area contributed by atoms with E-state index in [0.29, 0.717) is 27.2 Å². The summed E-state index contributed by atoms with van der Waals surface area (Å²) in [6.07, 6.45) is 0. The highest BCUT2D eigenvalue weighted by atomic mass is 35.5. The molecule has 0 radical (unpaired) electrons. The predicted octanol–water partition coefficient (Wildman–Crippen LogP) is 4.31. The number of hydrogen-bond donors (Lipinski definition) is 3. The molecular weight excluding hydrogens is 313 g/mol. The van der Waals surface area contributed by atoms with E-state index in [1.807, 2.05) is 0 Å². The van der Waals surface area contributed by atoms with E-state index < -0.39 is 5.97 Å². The van der Waals surface area contributed by atoms with Crippen LogP contribution >= 0.6 is 23.2 Å². The minimum Gasteiger partial charge on any atom is -0.478 e. The van der Waals surface area contributed by atoms with Crippen LogP contribution in [-0.4, -0.2) is 21.0 Å². The number of carboxylic acids is 1. The van der Waals surface area contributed by atoms with Gasteiger partial charge in [-0.25, -0.2) is 9.78 Å². The van der Waals surface area contributed by atoms with Gasteiger partial charge in [0.1, 0.15) is 0 Å². The lowest BCUT2D eigenvalue weighted by Gasteiger charge is -2.05. The van der Waals surface area contributed by atoms with Gasteiger partial charge in [-0.3, -0.25) is 0 Å². The molecular formula is C14H9Cl2N3O2. The van der Waals surface area contributed by atoms with Crippen molar-refractivity contribution in [2.45, 2.75) is 0 Å². The lowest BCUT2D eigenvalue weighted by atomic mass is 10.2. The largest absolute Gasteiger partial charge is 0.478 e. The number of aromatic nitrogens is 2. The summed E-state index contributed by atoms with van der Waals surface area (Å²) in [5, 5.41) is 13.0. The molecule has 3 N–H and O–H groups in total. The van der Waals surface area contributed by atoms with Crippen molar-refractivity contribution in [2.75, 3.05) is 5.32 Å². The van der Waals surface area contributed by atoms with Crippen LogP contribution in [0.25, 0.3) is 11.0 Å². The van der Waals surface area contributed by atoms with Crippen LogP contribution in [0.2, 0.25) is 10.0 Å². The molecule has 0 atom stereocenters. The van der Waals surface area contributed by atoms with E-state index in [-0.39, 0.29) is 5.56 Å². The number of carboxylic acid groups (broad SMARTS) is 1. The highest BCUT2D eigenvalue weighted by molar-refractivity contribution is 6.36. The summed E-state index contributed by atoms with van der Waals surface area (Å²) in [5.74, 6) is -0.521. The first kappa shape index (κ1) is 13.7. The first-order valence-electron chi connectivity index (χ1n) is 5.98. The van der Waals surface area contributed by atoms with E-state index in [9.17, 15) is 4.79 Å². The van der Waals surface area contributed by atoms with Crippen molar-refractivity contribution in [3.63, 3.8) is 0 Å². The van der Waals surface area contributed by atoms with E-state index in [1.54, 1.807) is 24.3 Å². The monoisotopic (exact) mass is 321 g/mol. The maximum Gasteiger partial charge on any atom is 0.335 e. The highest BCUT2D eigenvalue weighted by Gasteiger charge is 2.09. The number of benzene rings is 2. The van der Waals surface area contributed by atoms with Crippen molar-refractivity contribution in [3.8, 4) is 0 Å². The van der Waals surface area contributed by atoms with Gasteiger partial charge in [0.25, 0.3) is 0 Å². The number of aromatic amines is 1. The van der Waals surface area contributed by atoms with Crippen LogP contribution in [-0.2, 0) is 0 Å². The fraction of sp³-hybridized carbons (Fsp3) is 0. The molecule has 1 aromatic heterocycles. The van der Waals surface area contributed by atoms with Crippen molar-refractivity contribution >= 4 is 51.8 Å². The Morgan fingerprint density at radius 2 is 2.00 bits per heavy atom. The van der Waals surface area contributed by atoms with Gasteiger partial charge in [-0.1, -0.05) is 23.2 Å². The number of H-pyrrole nitrogens is 1. The minimum atomic E-state index is -0.991. The summed E-state index contributed by atoms with van der Waals surface area (Å²) in [6.45, 7) is 0. The first-order valence-corrected chi connectivity index (χ1v) is 6.73. The fourth-order valence-electron chi connectivity index (χ4n) is 1.92. The smallest absolute Gasteiger partial charge is 0.335 e. The van der Waals surface area contributed by atoms with Crippen LogP contribution in [0.1, 0.15) is 10.4 Å². The summed E-state index contributed by atoms with van der Waals surface area (Å²) in [7, 11) is 0. The van der Waals surface area contributed by atoms with E-state index in [1.165, 1.54) is 12.1 Å². The van der Waals surface area contributed by atoms with Gasteiger partial charge >= 0.3 is 5.97 Å². The van der Waals surface area contributed by atoms with Crippen molar-refractivity contribution in [1.82, 2.24) is 9.97 Å². The van der Waals surface area contributed by atoms with Gasteiger partial charge in [-0.15, -0.1) is 0 Å². The molecule has 0 unspecified atom stereocenters. The zero-order chi connectivity index (χ0) is 15.0. The maximum atomic E-state index is 10.9. The number of rotatable bonds is 3. The number of nitrogens with zero attached hydrogens (tertiary/aromatic N) is 1. The Labute approximate surface area is 129 Å². The molecule has 1 heterocycles. The van der Waals surface area contributed by atoms with Crippen LogP contribution < -0.4 is 5.32 Å². The van der Waals surface area contributed by atoms with Crippen LogP contribution in [0, 0.1) is 0 Å². The van der Waals surface area contributed by atoms with Crippen LogP contribution in [0.15, 0.2) is 36.4 Å². The van der Waals surface area contributed by atoms with Crippen LogP contribution in [0.3, 0.4) is 0 Å². The van der Waals surface area contributed by atoms with E-state index in [2.05, 4.69) is 15.3 Å². The average Bonchev–Trinajstić information content (AvgIpc) is 2.83. The minimum absolute atomic E-state index is 0.185. The number of halogens is 2. The Balaban J connectivity index is 1.95. The lowest BCUT2D eigenvalue weighted by Crippen LogP contribution is -1.94. The second kappa shape index (κ2) is 5.27. The lowest BCUT2D eigenvalue weighted by molar-refractivity contribution is 0.0697. The fourth-order valence-corrected chi connectivity index (χ4v) is 2.37. The summed E-state index contributed by atoms with van der Waals surface area (Å²) in [5.41, 5.74) is 2.12. The Morgan fingerprint density at radius 3 is 2.71 bits per heavy atom. The molecule has 2 aromatic carbocycles. The maximum absolute atomic E-state index is 10.9. The SMILES string of the molecule is O=C(O)c1ccc2[nH]c(Nc3ccc(Cl)cc3Cl)nc2c1. The molecule has 106 valence electrons. The second-order valence-electron chi connectivity index (χ2n) is 4.37.